The number of hydrogen-bond donors (Lipinski definition) is 1. The van der Waals surface area contributed by atoms with Crippen molar-refractivity contribution in [1.82, 2.24) is 15.1 Å². The molecule has 0 spiro atoms. The lowest BCUT2D eigenvalue weighted by Crippen LogP contribution is -2.67. The van der Waals surface area contributed by atoms with Crippen LogP contribution in [0.3, 0.4) is 0 Å². The highest BCUT2D eigenvalue weighted by atomic mass is 16.5. The third-order valence-corrected chi connectivity index (χ3v) is 7.29. The van der Waals surface area contributed by atoms with Crippen LogP contribution in [-0.4, -0.2) is 104 Å². The summed E-state index contributed by atoms with van der Waals surface area (Å²) in [4.78, 5) is 42.8. The van der Waals surface area contributed by atoms with Crippen LogP contribution in [0.2, 0.25) is 0 Å². The van der Waals surface area contributed by atoms with Crippen LogP contribution in [0.5, 0.6) is 0 Å². The Kier molecular flexibility index (Phi) is 10.5. The number of piperazine rings is 3. The van der Waals surface area contributed by atoms with Gasteiger partial charge in [0.15, 0.2) is 0 Å². The average Bonchev–Trinajstić information content (AvgIpc) is 2.90. The van der Waals surface area contributed by atoms with Gasteiger partial charge in [0.2, 0.25) is 5.91 Å². The Morgan fingerprint density at radius 2 is 1.66 bits per heavy atom. The van der Waals surface area contributed by atoms with Crippen LogP contribution in [0.25, 0.3) is 0 Å². The van der Waals surface area contributed by atoms with Gasteiger partial charge in [0, 0.05) is 51.1 Å². The Bertz CT molecular complexity index is 804. The zero-order valence-corrected chi connectivity index (χ0v) is 21.5. The predicted molar refractivity (Wildman–Crippen MR) is 136 cm³/mol. The Balaban J connectivity index is 1.50. The molecule has 8 heteroatoms. The molecule has 1 unspecified atom stereocenters. The van der Waals surface area contributed by atoms with Gasteiger partial charge < -0.3 is 19.4 Å². The van der Waals surface area contributed by atoms with Gasteiger partial charge in [-0.2, -0.15) is 0 Å². The summed E-state index contributed by atoms with van der Waals surface area (Å²) in [5.74, 6) is -0.746. The molecule has 0 aromatic heterocycles. The molecule has 194 valence electrons. The monoisotopic (exact) mass is 487 g/mol. The highest BCUT2D eigenvalue weighted by Gasteiger charge is 2.37. The van der Waals surface area contributed by atoms with Gasteiger partial charge in [-0.3, -0.25) is 19.3 Å². The summed E-state index contributed by atoms with van der Waals surface area (Å²) in [6.45, 7) is 13.9. The van der Waals surface area contributed by atoms with Gasteiger partial charge in [-0.15, -0.1) is 0 Å². The SMILES string of the molecule is CCCN(CCC)C(=O)C(CCC(=O)OCCC[N+]12CCN(CC1)CC2)NC(=O)c1ccccc1. The topological polar surface area (TPSA) is 79.0 Å². The molecule has 0 saturated carbocycles. The van der Waals surface area contributed by atoms with Crippen molar-refractivity contribution in [3.63, 3.8) is 0 Å². The van der Waals surface area contributed by atoms with E-state index in [1.54, 1.807) is 29.2 Å². The van der Waals surface area contributed by atoms with E-state index in [1.807, 2.05) is 19.9 Å². The quantitative estimate of drug-likeness (QED) is 0.248. The van der Waals surface area contributed by atoms with Crippen LogP contribution in [0.15, 0.2) is 30.3 Å². The van der Waals surface area contributed by atoms with Gasteiger partial charge in [0.05, 0.1) is 32.8 Å². The third-order valence-electron chi connectivity index (χ3n) is 7.29. The third kappa shape index (κ3) is 8.04. The van der Waals surface area contributed by atoms with Crippen LogP contribution >= 0.6 is 0 Å². The summed E-state index contributed by atoms with van der Waals surface area (Å²) in [6, 6.07) is 8.10. The number of carbonyl (C=O) groups is 3. The summed E-state index contributed by atoms with van der Waals surface area (Å²) >= 11 is 0. The molecule has 2 bridgehead atoms. The number of esters is 1. The molecule has 3 fully saturated rings. The number of nitrogens with one attached hydrogen (secondary N) is 1. The maximum Gasteiger partial charge on any atom is 0.305 e. The van der Waals surface area contributed by atoms with E-state index < -0.39 is 6.04 Å². The van der Waals surface area contributed by atoms with Crippen molar-refractivity contribution in [3.05, 3.63) is 35.9 Å². The Morgan fingerprint density at radius 1 is 1.03 bits per heavy atom. The Morgan fingerprint density at radius 3 is 2.26 bits per heavy atom. The van der Waals surface area contributed by atoms with E-state index in [4.69, 9.17) is 4.74 Å². The van der Waals surface area contributed by atoms with Gasteiger partial charge in [-0.25, -0.2) is 0 Å². The number of ether oxygens (including phenoxy) is 1. The Labute approximate surface area is 210 Å². The molecule has 3 heterocycles. The fraction of sp³-hybridized carbons (Fsp3) is 0.667. The van der Waals surface area contributed by atoms with E-state index in [-0.39, 0.29) is 30.6 Å². The summed E-state index contributed by atoms with van der Waals surface area (Å²) in [5, 5.41) is 2.87. The zero-order valence-electron chi connectivity index (χ0n) is 21.5. The molecular weight excluding hydrogens is 444 g/mol. The number of nitrogens with zero attached hydrogens (tertiary/aromatic N) is 3. The van der Waals surface area contributed by atoms with Crippen LogP contribution in [0.4, 0.5) is 0 Å². The molecule has 1 atom stereocenters. The van der Waals surface area contributed by atoms with Crippen molar-refractivity contribution >= 4 is 17.8 Å². The summed E-state index contributed by atoms with van der Waals surface area (Å²) in [7, 11) is 0. The van der Waals surface area contributed by atoms with Crippen molar-refractivity contribution in [2.75, 3.05) is 65.5 Å². The van der Waals surface area contributed by atoms with Crippen molar-refractivity contribution in [2.45, 2.75) is 52.0 Å². The molecule has 35 heavy (non-hydrogen) atoms. The Hall–Kier alpha value is -2.45. The number of fused-ring (bicyclic) bond motifs is 3. The normalized spacial score (nSPS) is 21.8. The molecule has 1 aromatic carbocycles. The second-order valence-corrected chi connectivity index (χ2v) is 9.91. The molecule has 4 rings (SSSR count). The van der Waals surface area contributed by atoms with Crippen molar-refractivity contribution < 1.29 is 23.6 Å². The fourth-order valence-electron chi connectivity index (χ4n) is 5.17. The molecule has 0 aliphatic carbocycles. The first-order chi connectivity index (χ1) is 17.0. The highest BCUT2D eigenvalue weighted by Crippen LogP contribution is 2.20. The van der Waals surface area contributed by atoms with Crippen molar-refractivity contribution in [1.29, 1.82) is 0 Å². The molecule has 3 aliphatic heterocycles. The van der Waals surface area contributed by atoms with E-state index in [2.05, 4.69) is 10.2 Å². The lowest BCUT2D eigenvalue weighted by Gasteiger charge is -2.50. The maximum atomic E-state index is 13.3. The molecular formula is C27H43N4O4+. The largest absolute Gasteiger partial charge is 0.465 e. The number of hydrogen-bond acceptors (Lipinski definition) is 5. The average molecular weight is 488 g/mol. The molecule has 1 N–H and O–H groups in total. The number of rotatable bonds is 14. The molecule has 8 nitrogen and oxygen atoms in total. The zero-order chi connectivity index (χ0) is 25.1. The van der Waals surface area contributed by atoms with Crippen LogP contribution < -0.4 is 5.32 Å². The van der Waals surface area contributed by atoms with Crippen molar-refractivity contribution in [3.8, 4) is 0 Å². The summed E-state index contributed by atoms with van der Waals surface area (Å²) < 4.78 is 6.67. The van der Waals surface area contributed by atoms with Crippen LogP contribution in [-0.2, 0) is 14.3 Å². The molecule has 2 amide bonds. The lowest BCUT2D eigenvalue weighted by molar-refractivity contribution is -0.941. The van der Waals surface area contributed by atoms with E-state index in [9.17, 15) is 14.4 Å². The standard InChI is InChI=1S/C27H42N4O4/c1-3-13-30(14-4-2)27(34)24(28-26(33)23-9-6-5-7-10-23)11-12-25(32)35-22-8-18-31-19-15-29(16-20-31)17-21-31/h5-7,9-10,24H,3-4,8,11-22H2,1-2H3/p+1. The lowest BCUT2D eigenvalue weighted by atomic mass is 10.1. The maximum absolute atomic E-state index is 13.3. The van der Waals surface area contributed by atoms with Gasteiger partial charge in [-0.1, -0.05) is 32.0 Å². The van der Waals surface area contributed by atoms with Crippen LogP contribution in [0.1, 0.15) is 56.3 Å². The minimum atomic E-state index is -0.753. The first-order valence-electron chi connectivity index (χ1n) is 13.3. The number of quaternary nitrogens is 1. The predicted octanol–water partition coefficient (Wildman–Crippen LogP) is 2.29. The first kappa shape index (κ1) is 27.1. The van der Waals surface area contributed by atoms with Gasteiger partial charge in [-0.05, 0) is 31.4 Å². The molecule has 3 saturated heterocycles. The summed E-state index contributed by atoms with van der Waals surface area (Å²) in [6.07, 6.45) is 2.87. The van der Waals surface area contributed by atoms with E-state index >= 15 is 0 Å². The first-order valence-corrected chi connectivity index (χ1v) is 13.3. The van der Waals surface area contributed by atoms with Gasteiger partial charge in [0.25, 0.3) is 5.91 Å². The van der Waals surface area contributed by atoms with Crippen LogP contribution in [0, 0.1) is 0 Å². The smallest absolute Gasteiger partial charge is 0.305 e. The molecule has 0 radical (unpaired) electrons. The second kappa shape index (κ2) is 13.6. The number of carbonyl (C=O) groups excluding carboxylic acids is 3. The van der Waals surface area contributed by atoms with Gasteiger partial charge >= 0.3 is 5.97 Å². The summed E-state index contributed by atoms with van der Waals surface area (Å²) in [5.41, 5.74) is 0.497. The molecule has 1 aromatic rings. The van der Waals surface area contributed by atoms with Crippen molar-refractivity contribution in [2.24, 2.45) is 0 Å². The van der Waals surface area contributed by atoms with Gasteiger partial charge in [0.1, 0.15) is 6.04 Å². The molecule has 3 aliphatic rings. The van der Waals surface area contributed by atoms with E-state index in [0.717, 1.165) is 30.3 Å². The minimum absolute atomic E-state index is 0.104. The van der Waals surface area contributed by atoms with E-state index in [1.165, 1.54) is 39.3 Å². The highest BCUT2D eigenvalue weighted by molar-refractivity contribution is 5.97. The number of amides is 2. The van der Waals surface area contributed by atoms with E-state index in [0.29, 0.717) is 25.3 Å². The second-order valence-electron chi connectivity index (χ2n) is 9.91. The minimum Gasteiger partial charge on any atom is -0.465 e. The number of benzene rings is 1. The fourth-order valence-corrected chi connectivity index (χ4v) is 5.17.